The third-order valence-corrected chi connectivity index (χ3v) is 2.83. The lowest BCUT2D eigenvalue weighted by Crippen LogP contribution is -2.08. The second kappa shape index (κ2) is 6.57. The van der Waals surface area contributed by atoms with Crippen LogP contribution in [0.1, 0.15) is 20.7 Å². The van der Waals surface area contributed by atoms with Gasteiger partial charge in [0.15, 0.2) is 0 Å². The molecule has 0 spiro atoms. The number of nitrogens with one attached hydrogen (secondary N) is 1. The predicted molar refractivity (Wildman–Crippen MR) is 81.1 cm³/mol. The highest BCUT2D eigenvalue weighted by atomic mass is 16.5. The van der Waals surface area contributed by atoms with Crippen molar-refractivity contribution in [3.05, 3.63) is 47.7 Å². The molecule has 114 valence electrons. The topological polar surface area (TPSA) is 104 Å². The number of nitrogens with zero attached hydrogens (tertiary/aromatic N) is 1. The monoisotopic (exact) mass is 301 g/mol. The molecule has 0 bridgehead atoms. The summed E-state index contributed by atoms with van der Waals surface area (Å²) in [6, 6.07) is 7.87. The summed E-state index contributed by atoms with van der Waals surface area (Å²) in [5.41, 5.74) is 7.05. The standard InChI is InChI=1S/C15H15N3O4/c1-21-14(19)9-5-10(15(20)22-2)7-12(6-9)18-13-4-3-11(16)8-17-13/h3-8H,16H2,1-2H3,(H,17,18). The van der Waals surface area contributed by atoms with E-state index in [4.69, 9.17) is 5.73 Å². The first-order valence-corrected chi connectivity index (χ1v) is 6.33. The first kappa shape index (κ1) is 15.3. The molecule has 0 saturated carbocycles. The van der Waals surface area contributed by atoms with E-state index >= 15 is 0 Å². The van der Waals surface area contributed by atoms with E-state index in [-0.39, 0.29) is 11.1 Å². The second-order valence-corrected chi connectivity index (χ2v) is 4.38. The first-order valence-electron chi connectivity index (χ1n) is 6.33. The fraction of sp³-hybridized carbons (Fsp3) is 0.133. The van der Waals surface area contributed by atoms with Crippen LogP contribution >= 0.6 is 0 Å². The van der Waals surface area contributed by atoms with E-state index in [9.17, 15) is 9.59 Å². The van der Waals surface area contributed by atoms with Crippen LogP contribution in [0, 0.1) is 0 Å². The number of aromatic nitrogens is 1. The Morgan fingerprint density at radius 2 is 1.64 bits per heavy atom. The number of nitrogen functional groups attached to an aromatic ring is 1. The Kier molecular flexibility index (Phi) is 4.57. The minimum Gasteiger partial charge on any atom is -0.465 e. The molecule has 0 unspecified atom stereocenters. The van der Waals surface area contributed by atoms with Crippen LogP contribution in [0.2, 0.25) is 0 Å². The molecule has 1 aromatic carbocycles. The predicted octanol–water partition coefficient (Wildman–Crippen LogP) is 1.98. The number of hydrogen-bond donors (Lipinski definition) is 2. The summed E-state index contributed by atoms with van der Waals surface area (Å²) in [7, 11) is 2.53. The Labute approximate surface area is 127 Å². The second-order valence-electron chi connectivity index (χ2n) is 4.38. The fourth-order valence-electron chi connectivity index (χ4n) is 1.80. The quantitative estimate of drug-likeness (QED) is 0.832. The molecule has 2 rings (SSSR count). The first-order chi connectivity index (χ1) is 10.5. The van der Waals surface area contributed by atoms with E-state index in [1.165, 1.54) is 26.5 Å². The van der Waals surface area contributed by atoms with Crippen molar-refractivity contribution in [2.75, 3.05) is 25.3 Å². The summed E-state index contributed by atoms with van der Waals surface area (Å²) < 4.78 is 9.35. The largest absolute Gasteiger partial charge is 0.465 e. The summed E-state index contributed by atoms with van der Waals surface area (Å²) in [4.78, 5) is 27.5. The van der Waals surface area contributed by atoms with Crippen molar-refractivity contribution in [1.82, 2.24) is 4.98 Å². The lowest BCUT2D eigenvalue weighted by molar-refractivity contribution is 0.0599. The highest BCUT2D eigenvalue weighted by Gasteiger charge is 2.14. The molecular weight excluding hydrogens is 286 g/mol. The molecule has 2 aromatic rings. The highest BCUT2D eigenvalue weighted by molar-refractivity contribution is 5.97. The number of methoxy groups -OCH3 is 2. The van der Waals surface area contributed by atoms with Gasteiger partial charge in [-0.05, 0) is 30.3 Å². The van der Waals surface area contributed by atoms with Gasteiger partial charge in [-0.15, -0.1) is 0 Å². The van der Waals surface area contributed by atoms with Crippen LogP contribution in [0.4, 0.5) is 17.2 Å². The SMILES string of the molecule is COC(=O)c1cc(Nc2ccc(N)cn2)cc(C(=O)OC)c1. The van der Waals surface area contributed by atoms with Gasteiger partial charge in [0.25, 0.3) is 0 Å². The van der Waals surface area contributed by atoms with Crippen LogP contribution in [0.25, 0.3) is 0 Å². The third kappa shape index (κ3) is 3.51. The molecule has 0 aliphatic heterocycles. The van der Waals surface area contributed by atoms with Crippen LogP contribution in [0.5, 0.6) is 0 Å². The maximum absolute atomic E-state index is 11.7. The zero-order valence-electron chi connectivity index (χ0n) is 12.1. The zero-order valence-corrected chi connectivity index (χ0v) is 12.1. The van der Waals surface area contributed by atoms with Crippen molar-refractivity contribution in [1.29, 1.82) is 0 Å². The van der Waals surface area contributed by atoms with Crippen LogP contribution in [0.15, 0.2) is 36.5 Å². The van der Waals surface area contributed by atoms with Gasteiger partial charge in [0.1, 0.15) is 5.82 Å². The van der Waals surface area contributed by atoms with Crippen molar-refractivity contribution in [3.8, 4) is 0 Å². The smallest absolute Gasteiger partial charge is 0.337 e. The van der Waals surface area contributed by atoms with Gasteiger partial charge in [0.05, 0.1) is 37.2 Å². The minimum absolute atomic E-state index is 0.225. The zero-order chi connectivity index (χ0) is 16.1. The van der Waals surface area contributed by atoms with Crippen LogP contribution in [-0.4, -0.2) is 31.1 Å². The number of esters is 2. The van der Waals surface area contributed by atoms with Crippen molar-refractivity contribution in [3.63, 3.8) is 0 Å². The van der Waals surface area contributed by atoms with Gasteiger partial charge < -0.3 is 20.5 Å². The summed E-state index contributed by atoms with van der Waals surface area (Å²) >= 11 is 0. The fourth-order valence-corrected chi connectivity index (χ4v) is 1.80. The van der Waals surface area contributed by atoms with Gasteiger partial charge in [-0.1, -0.05) is 0 Å². The van der Waals surface area contributed by atoms with E-state index in [0.29, 0.717) is 17.2 Å². The number of hydrogen-bond acceptors (Lipinski definition) is 7. The van der Waals surface area contributed by atoms with E-state index in [1.54, 1.807) is 24.3 Å². The molecule has 0 fully saturated rings. The molecular formula is C15H15N3O4. The Bertz CT molecular complexity index is 664. The van der Waals surface area contributed by atoms with Gasteiger partial charge in [-0.2, -0.15) is 0 Å². The summed E-state index contributed by atoms with van der Waals surface area (Å²) in [5, 5.41) is 2.99. The molecule has 0 aliphatic rings. The number of ether oxygens (including phenoxy) is 2. The number of carbonyl (C=O) groups is 2. The summed E-state index contributed by atoms with van der Waals surface area (Å²) in [6.07, 6.45) is 1.49. The van der Waals surface area contributed by atoms with Gasteiger partial charge in [-0.3, -0.25) is 0 Å². The lowest BCUT2D eigenvalue weighted by Gasteiger charge is -2.10. The summed E-state index contributed by atoms with van der Waals surface area (Å²) in [6.45, 7) is 0. The average Bonchev–Trinajstić information content (AvgIpc) is 2.55. The van der Waals surface area contributed by atoms with Crippen molar-refractivity contribution in [2.45, 2.75) is 0 Å². The van der Waals surface area contributed by atoms with E-state index in [0.717, 1.165) is 0 Å². The van der Waals surface area contributed by atoms with Gasteiger partial charge in [0.2, 0.25) is 0 Å². The van der Waals surface area contributed by atoms with Gasteiger partial charge >= 0.3 is 11.9 Å². The Balaban J connectivity index is 2.38. The van der Waals surface area contributed by atoms with Crippen molar-refractivity contribution >= 4 is 29.1 Å². The number of nitrogens with two attached hydrogens (primary N) is 1. The maximum Gasteiger partial charge on any atom is 0.337 e. The molecule has 1 heterocycles. The molecule has 0 amide bonds. The highest BCUT2D eigenvalue weighted by Crippen LogP contribution is 2.20. The lowest BCUT2D eigenvalue weighted by atomic mass is 10.1. The number of pyridine rings is 1. The molecule has 1 aromatic heterocycles. The average molecular weight is 301 g/mol. The molecule has 3 N–H and O–H groups in total. The molecule has 0 atom stereocenters. The minimum atomic E-state index is -0.556. The normalized spacial score (nSPS) is 9.91. The third-order valence-electron chi connectivity index (χ3n) is 2.83. The van der Waals surface area contributed by atoms with Gasteiger partial charge in [-0.25, -0.2) is 14.6 Å². The molecule has 7 heteroatoms. The molecule has 0 radical (unpaired) electrons. The van der Waals surface area contributed by atoms with Crippen LogP contribution < -0.4 is 11.1 Å². The van der Waals surface area contributed by atoms with Crippen molar-refractivity contribution < 1.29 is 19.1 Å². The van der Waals surface area contributed by atoms with Crippen molar-refractivity contribution in [2.24, 2.45) is 0 Å². The van der Waals surface area contributed by atoms with E-state index in [2.05, 4.69) is 19.8 Å². The molecule has 0 saturated heterocycles. The van der Waals surface area contributed by atoms with Crippen LogP contribution in [-0.2, 0) is 9.47 Å². The Morgan fingerprint density at radius 3 is 2.09 bits per heavy atom. The van der Waals surface area contributed by atoms with Crippen LogP contribution in [0.3, 0.4) is 0 Å². The molecule has 22 heavy (non-hydrogen) atoms. The Hall–Kier alpha value is -3.09. The number of benzene rings is 1. The molecule has 0 aliphatic carbocycles. The van der Waals surface area contributed by atoms with E-state index in [1.807, 2.05) is 0 Å². The number of anilines is 3. The van der Waals surface area contributed by atoms with Gasteiger partial charge in [0, 0.05) is 5.69 Å². The number of rotatable bonds is 4. The van der Waals surface area contributed by atoms with E-state index < -0.39 is 11.9 Å². The summed E-state index contributed by atoms with van der Waals surface area (Å²) in [5.74, 6) is -0.592. The molecule has 7 nitrogen and oxygen atoms in total. The number of carbonyl (C=O) groups excluding carboxylic acids is 2. The Morgan fingerprint density at radius 1 is 1.05 bits per heavy atom. The maximum atomic E-state index is 11.7.